The van der Waals surface area contributed by atoms with Crippen LogP contribution in [0.3, 0.4) is 0 Å². The second-order valence-corrected chi connectivity index (χ2v) is 5.37. The zero-order valence-corrected chi connectivity index (χ0v) is 11.0. The van der Waals surface area contributed by atoms with Gasteiger partial charge in [-0.3, -0.25) is 9.69 Å². The van der Waals surface area contributed by atoms with Crippen LogP contribution in [0.2, 0.25) is 0 Å². The van der Waals surface area contributed by atoms with Crippen molar-refractivity contribution in [3.8, 4) is 11.3 Å². The first kappa shape index (κ1) is 11.4. The van der Waals surface area contributed by atoms with E-state index in [1.54, 1.807) is 16.2 Å². The maximum atomic E-state index is 11.7. The Balaban J connectivity index is 1.89. The quantitative estimate of drug-likeness (QED) is 0.828. The second-order valence-electron chi connectivity index (χ2n) is 4.53. The van der Waals surface area contributed by atoms with Crippen LogP contribution in [0, 0.1) is 6.92 Å². The Morgan fingerprint density at radius 3 is 2.72 bits per heavy atom. The Labute approximate surface area is 110 Å². The molecule has 1 aromatic carbocycles. The number of nitrogens with zero attached hydrogens (tertiary/aromatic N) is 2. The maximum Gasteiger partial charge on any atom is 0.228 e. The van der Waals surface area contributed by atoms with Gasteiger partial charge in [0, 0.05) is 23.9 Å². The molecule has 1 aromatic heterocycles. The summed E-state index contributed by atoms with van der Waals surface area (Å²) < 4.78 is 0. The number of hydrogen-bond acceptors (Lipinski definition) is 3. The van der Waals surface area contributed by atoms with Crippen molar-refractivity contribution in [1.82, 2.24) is 4.98 Å². The molecule has 1 fully saturated rings. The van der Waals surface area contributed by atoms with Crippen LogP contribution in [0.5, 0.6) is 0 Å². The van der Waals surface area contributed by atoms with Crippen LogP contribution in [0.1, 0.15) is 18.4 Å². The van der Waals surface area contributed by atoms with E-state index < -0.39 is 0 Å². The van der Waals surface area contributed by atoms with Crippen LogP contribution in [0.25, 0.3) is 11.3 Å². The Morgan fingerprint density at radius 2 is 2.06 bits per heavy atom. The van der Waals surface area contributed by atoms with E-state index in [1.165, 1.54) is 5.56 Å². The summed E-state index contributed by atoms with van der Waals surface area (Å²) in [6.45, 7) is 2.87. The van der Waals surface area contributed by atoms with Gasteiger partial charge in [-0.05, 0) is 13.3 Å². The van der Waals surface area contributed by atoms with Crippen molar-refractivity contribution >= 4 is 22.4 Å². The predicted octanol–water partition coefficient (Wildman–Crippen LogP) is 3.25. The number of carbonyl (C=O) groups is 1. The van der Waals surface area contributed by atoms with Gasteiger partial charge in [-0.1, -0.05) is 29.8 Å². The van der Waals surface area contributed by atoms with Crippen LogP contribution in [-0.2, 0) is 4.79 Å². The number of carbonyl (C=O) groups excluding carboxylic acids is 1. The highest BCUT2D eigenvalue weighted by molar-refractivity contribution is 7.14. The van der Waals surface area contributed by atoms with Gasteiger partial charge in [0.1, 0.15) is 0 Å². The topological polar surface area (TPSA) is 33.2 Å². The molecule has 0 radical (unpaired) electrons. The second kappa shape index (κ2) is 4.53. The Hall–Kier alpha value is -1.68. The van der Waals surface area contributed by atoms with Crippen molar-refractivity contribution in [1.29, 1.82) is 0 Å². The molecule has 0 saturated carbocycles. The molecular formula is C14H14N2OS. The van der Waals surface area contributed by atoms with Gasteiger partial charge in [-0.15, -0.1) is 11.3 Å². The molecule has 0 unspecified atom stereocenters. The Morgan fingerprint density at radius 1 is 1.28 bits per heavy atom. The molecule has 0 N–H and O–H groups in total. The SMILES string of the molecule is Cc1ccc(-c2csc(N3CCCC3=O)n2)cc1. The molecule has 4 heteroatoms. The van der Waals surface area contributed by atoms with E-state index in [4.69, 9.17) is 0 Å². The van der Waals surface area contributed by atoms with E-state index in [2.05, 4.69) is 36.2 Å². The van der Waals surface area contributed by atoms with Crippen molar-refractivity contribution in [2.24, 2.45) is 0 Å². The maximum absolute atomic E-state index is 11.7. The molecule has 0 atom stereocenters. The van der Waals surface area contributed by atoms with Crippen LogP contribution in [-0.4, -0.2) is 17.4 Å². The molecule has 92 valence electrons. The van der Waals surface area contributed by atoms with E-state index in [0.29, 0.717) is 6.42 Å². The first-order valence-corrected chi connectivity index (χ1v) is 6.95. The molecule has 3 rings (SSSR count). The number of hydrogen-bond donors (Lipinski definition) is 0. The lowest BCUT2D eigenvalue weighted by atomic mass is 10.1. The first-order chi connectivity index (χ1) is 8.74. The highest BCUT2D eigenvalue weighted by Crippen LogP contribution is 2.29. The van der Waals surface area contributed by atoms with Crippen molar-refractivity contribution in [2.45, 2.75) is 19.8 Å². The fourth-order valence-electron chi connectivity index (χ4n) is 2.10. The lowest BCUT2D eigenvalue weighted by molar-refractivity contribution is -0.117. The molecule has 1 amide bonds. The summed E-state index contributed by atoms with van der Waals surface area (Å²) in [4.78, 5) is 18.0. The van der Waals surface area contributed by atoms with Gasteiger partial charge in [0.25, 0.3) is 0 Å². The van der Waals surface area contributed by atoms with E-state index in [0.717, 1.165) is 29.4 Å². The van der Waals surface area contributed by atoms with Crippen LogP contribution < -0.4 is 4.90 Å². The third kappa shape index (κ3) is 2.04. The first-order valence-electron chi connectivity index (χ1n) is 6.07. The third-order valence-corrected chi connectivity index (χ3v) is 4.01. The fourth-order valence-corrected chi connectivity index (χ4v) is 2.97. The lowest BCUT2D eigenvalue weighted by Gasteiger charge is -2.10. The van der Waals surface area contributed by atoms with Crippen molar-refractivity contribution in [2.75, 3.05) is 11.4 Å². The summed E-state index contributed by atoms with van der Waals surface area (Å²) in [5.74, 6) is 0.194. The average molecular weight is 258 g/mol. The van der Waals surface area contributed by atoms with Gasteiger partial charge >= 0.3 is 0 Å². The molecule has 2 heterocycles. The number of aryl methyl sites for hydroxylation is 1. The van der Waals surface area contributed by atoms with Crippen LogP contribution in [0.15, 0.2) is 29.6 Å². The molecule has 1 saturated heterocycles. The van der Waals surface area contributed by atoms with Crippen molar-refractivity contribution in [3.05, 3.63) is 35.2 Å². The Kier molecular flexibility index (Phi) is 2.88. The molecule has 1 aliphatic heterocycles. The number of amides is 1. The minimum Gasteiger partial charge on any atom is -0.288 e. The summed E-state index contributed by atoms with van der Waals surface area (Å²) in [6.07, 6.45) is 1.59. The van der Waals surface area contributed by atoms with E-state index >= 15 is 0 Å². The summed E-state index contributed by atoms with van der Waals surface area (Å²) in [6, 6.07) is 8.30. The predicted molar refractivity (Wildman–Crippen MR) is 73.9 cm³/mol. The fraction of sp³-hybridized carbons (Fsp3) is 0.286. The van der Waals surface area contributed by atoms with Gasteiger partial charge in [0.15, 0.2) is 5.13 Å². The molecular weight excluding hydrogens is 244 g/mol. The lowest BCUT2D eigenvalue weighted by Crippen LogP contribution is -2.23. The number of thiazole rings is 1. The summed E-state index contributed by atoms with van der Waals surface area (Å²) >= 11 is 1.54. The number of benzene rings is 1. The summed E-state index contributed by atoms with van der Waals surface area (Å²) in [5, 5.41) is 2.85. The van der Waals surface area contributed by atoms with Gasteiger partial charge in [0.05, 0.1) is 5.69 Å². The smallest absolute Gasteiger partial charge is 0.228 e. The third-order valence-electron chi connectivity index (χ3n) is 3.14. The van der Waals surface area contributed by atoms with Crippen LogP contribution >= 0.6 is 11.3 Å². The zero-order chi connectivity index (χ0) is 12.5. The van der Waals surface area contributed by atoms with E-state index in [-0.39, 0.29) is 5.91 Å². The molecule has 18 heavy (non-hydrogen) atoms. The largest absolute Gasteiger partial charge is 0.288 e. The monoisotopic (exact) mass is 258 g/mol. The summed E-state index contributed by atoms with van der Waals surface area (Å²) in [5.41, 5.74) is 3.30. The van der Waals surface area contributed by atoms with E-state index in [9.17, 15) is 4.79 Å². The van der Waals surface area contributed by atoms with Crippen LogP contribution in [0.4, 0.5) is 5.13 Å². The minimum atomic E-state index is 0.194. The minimum absolute atomic E-state index is 0.194. The molecule has 0 aliphatic carbocycles. The highest BCUT2D eigenvalue weighted by Gasteiger charge is 2.24. The summed E-state index contributed by atoms with van der Waals surface area (Å²) in [7, 11) is 0. The van der Waals surface area contributed by atoms with Crippen molar-refractivity contribution in [3.63, 3.8) is 0 Å². The molecule has 1 aliphatic rings. The van der Waals surface area contributed by atoms with Gasteiger partial charge in [-0.25, -0.2) is 4.98 Å². The zero-order valence-electron chi connectivity index (χ0n) is 10.2. The number of anilines is 1. The number of rotatable bonds is 2. The van der Waals surface area contributed by atoms with Gasteiger partial charge < -0.3 is 0 Å². The number of aromatic nitrogens is 1. The van der Waals surface area contributed by atoms with E-state index in [1.807, 2.05) is 5.38 Å². The average Bonchev–Trinajstić information content (AvgIpc) is 2.98. The standard InChI is InChI=1S/C14H14N2OS/c1-10-4-6-11(7-5-10)12-9-18-14(15-12)16-8-2-3-13(16)17/h4-7,9H,2-3,8H2,1H3. The molecule has 0 spiro atoms. The normalized spacial score (nSPS) is 15.4. The van der Waals surface area contributed by atoms with Gasteiger partial charge in [0.2, 0.25) is 5.91 Å². The Bertz CT molecular complexity index is 574. The molecule has 2 aromatic rings. The highest BCUT2D eigenvalue weighted by atomic mass is 32.1. The van der Waals surface area contributed by atoms with Crippen molar-refractivity contribution < 1.29 is 4.79 Å². The molecule has 0 bridgehead atoms. The van der Waals surface area contributed by atoms with Gasteiger partial charge in [-0.2, -0.15) is 0 Å². The molecule has 3 nitrogen and oxygen atoms in total.